The van der Waals surface area contributed by atoms with E-state index in [9.17, 15) is 0 Å². The smallest absolute Gasteiger partial charge is 0.144 e. The van der Waals surface area contributed by atoms with Gasteiger partial charge in [0.1, 0.15) is 5.75 Å². The summed E-state index contributed by atoms with van der Waals surface area (Å²) < 4.78 is 5.38. The maximum atomic E-state index is 6.04. The molecule has 1 aromatic carbocycles. The highest BCUT2D eigenvalue weighted by Gasteiger charge is 2.10. The normalized spacial score (nSPS) is 12.3. The molecule has 3 N–H and O–H groups in total. The molecule has 0 fully saturated rings. The van der Waals surface area contributed by atoms with Gasteiger partial charge in [-0.3, -0.25) is 0 Å². The van der Waals surface area contributed by atoms with Crippen molar-refractivity contribution in [1.82, 2.24) is 0 Å². The number of hydrogen-bond acceptors (Lipinski definition) is 3. The van der Waals surface area contributed by atoms with Crippen molar-refractivity contribution in [3.63, 3.8) is 0 Å². The maximum absolute atomic E-state index is 6.04. The summed E-state index contributed by atoms with van der Waals surface area (Å²) in [4.78, 5) is 0. The molecule has 0 radical (unpaired) electrons. The summed E-state index contributed by atoms with van der Waals surface area (Å²) >= 11 is 6.04. The van der Waals surface area contributed by atoms with Crippen LogP contribution in [0.5, 0.6) is 5.75 Å². The van der Waals surface area contributed by atoms with E-state index in [1.54, 1.807) is 7.11 Å². The number of benzene rings is 1. The van der Waals surface area contributed by atoms with Crippen LogP contribution >= 0.6 is 11.6 Å². The lowest BCUT2D eigenvalue weighted by Gasteiger charge is -2.17. The third-order valence-electron chi connectivity index (χ3n) is 2.94. The molecular weight excluding hydrogens is 236 g/mol. The van der Waals surface area contributed by atoms with E-state index in [2.05, 4.69) is 12.2 Å². The number of halogens is 1. The van der Waals surface area contributed by atoms with E-state index in [0.29, 0.717) is 17.5 Å². The molecule has 96 valence electrons. The van der Waals surface area contributed by atoms with Gasteiger partial charge in [-0.15, -0.1) is 0 Å². The number of nitrogens with two attached hydrogens (primary N) is 1. The molecule has 0 aromatic heterocycles. The molecule has 1 rings (SSSR count). The van der Waals surface area contributed by atoms with Gasteiger partial charge in [-0.1, -0.05) is 24.9 Å². The quantitative estimate of drug-likeness (QED) is 0.822. The van der Waals surface area contributed by atoms with Crippen molar-refractivity contribution in [3.8, 4) is 5.75 Å². The summed E-state index contributed by atoms with van der Waals surface area (Å²) in [6.07, 6.45) is 1.06. The van der Waals surface area contributed by atoms with Crippen LogP contribution in [0.4, 0.5) is 5.69 Å². The van der Waals surface area contributed by atoms with Crippen molar-refractivity contribution in [1.29, 1.82) is 0 Å². The minimum atomic E-state index is 0.471. The monoisotopic (exact) mass is 256 g/mol. The Morgan fingerprint density at radius 2 is 2.18 bits per heavy atom. The van der Waals surface area contributed by atoms with Crippen molar-refractivity contribution in [2.24, 2.45) is 11.7 Å². The fraction of sp³-hybridized carbons (Fsp3) is 0.538. The van der Waals surface area contributed by atoms with Crippen LogP contribution in [0.15, 0.2) is 12.1 Å². The zero-order valence-electron chi connectivity index (χ0n) is 10.7. The van der Waals surface area contributed by atoms with E-state index in [1.807, 2.05) is 19.1 Å². The van der Waals surface area contributed by atoms with E-state index in [-0.39, 0.29) is 0 Å². The summed E-state index contributed by atoms with van der Waals surface area (Å²) in [5.74, 6) is 1.32. The summed E-state index contributed by atoms with van der Waals surface area (Å²) in [5.41, 5.74) is 7.65. The summed E-state index contributed by atoms with van der Waals surface area (Å²) in [7, 11) is 1.67. The van der Waals surface area contributed by atoms with Crippen LogP contribution in [-0.2, 0) is 0 Å². The molecule has 4 heteroatoms. The number of nitrogens with one attached hydrogen (secondary N) is 1. The van der Waals surface area contributed by atoms with Crippen molar-refractivity contribution in [2.75, 3.05) is 25.5 Å². The molecular formula is C13H21ClN2O. The lowest BCUT2D eigenvalue weighted by Crippen LogP contribution is -2.22. The Kier molecular flexibility index (Phi) is 5.59. The van der Waals surface area contributed by atoms with Gasteiger partial charge in [-0.05, 0) is 37.1 Å². The van der Waals surface area contributed by atoms with Gasteiger partial charge in [0.2, 0.25) is 0 Å². The minimum absolute atomic E-state index is 0.471. The first kappa shape index (κ1) is 14.1. The van der Waals surface area contributed by atoms with E-state index in [4.69, 9.17) is 22.1 Å². The Morgan fingerprint density at radius 3 is 2.71 bits per heavy atom. The van der Waals surface area contributed by atoms with E-state index >= 15 is 0 Å². The average molecular weight is 257 g/mol. The van der Waals surface area contributed by atoms with Gasteiger partial charge in [0.25, 0.3) is 0 Å². The molecule has 17 heavy (non-hydrogen) atoms. The highest BCUT2D eigenvalue weighted by atomic mass is 35.5. The average Bonchev–Trinajstić information content (AvgIpc) is 2.29. The largest absolute Gasteiger partial charge is 0.494 e. The van der Waals surface area contributed by atoms with Crippen LogP contribution in [0.2, 0.25) is 5.02 Å². The van der Waals surface area contributed by atoms with Crippen LogP contribution in [0.1, 0.15) is 18.9 Å². The molecule has 0 aliphatic rings. The number of ether oxygens (including phenoxy) is 1. The molecule has 1 aromatic rings. The van der Waals surface area contributed by atoms with Gasteiger partial charge >= 0.3 is 0 Å². The zero-order valence-corrected chi connectivity index (χ0v) is 11.5. The van der Waals surface area contributed by atoms with Gasteiger partial charge in [0, 0.05) is 11.6 Å². The SMILES string of the molecule is CCC(CN)CNc1cc(Cl)cc(C)c1OC. The van der Waals surface area contributed by atoms with Crippen LogP contribution in [0.3, 0.4) is 0 Å². The van der Waals surface area contributed by atoms with Crippen LogP contribution in [0.25, 0.3) is 0 Å². The molecule has 0 spiro atoms. The molecule has 0 amide bonds. The first-order valence-electron chi connectivity index (χ1n) is 5.90. The molecule has 0 heterocycles. The lowest BCUT2D eigenvalue weighted by molar-refractivity contribution is 0.413. The first-order chi connectivity index (χ1) is 8.12. The van der Waals surface area contributed by atoms with Gasteiger partial charge in [-0.25, -0.2) is 0 Å². The number of methoxy groups -OCH3 is 1. The van der Waals surface area contributed by atoms with Gasteiger partial charge < -0.3 is 15.8 Å². The van der Waals surface area contributed by atoms with E-state index in [1.165, 1.54) is 0 Å². The maximum Gasteiger partial charge on any atom is 0.144 e. The van der Waals surface area contributed by atoms with Crippen LogP contribution < -0.4 is 15.8 Å². The molecule has 1 unspecified atom stereocenters. The molecule has 0 aliphatic carbocycles. The molecule has 0 aliphatic heterocycles. The topological polar surface area (TPSA) is 47.3 Å². The molecule has 0 bridgehead atoms. The summed E-state index contributed by atoms with van der Waals surface area (Å²) in [6.45, 7) is 5.64. The third-order valence-corrected chi connectivity index (χ3v) is 3.15. The second kappa shape index (κ2) is 6.72. The Balaban J connectivity index is 2.82. The number of rotatable bonds is 6. The first-order valence-corrected chi connectivity index (χ1v) is 6.28. The minimum Gasteiger partial charge on any atom is -0.494 e. The predicted octanol–water partition coefficient (Wildman–Crippen LogP) is 3.05. The second-order valence-electron chi connectivity index (χ2n) is 4.19. The van der Waals surface area contributed by atoms with E-state index in [0.717, 1.165) is 30.0 Å². The van der Waals surface area contributed by atoms with Crippen LogP contribution in [0, 0.1) is 12.8 Å². The van der Waals surface area contributed by atoms with E-state index < -0.39 is 0 Å². The number of hydrogen-bond donors (Lipinski definition) is 2. The Morgan fingerprint density at radius 1 is 1.47 bits per heavy atom. The van der Waals surface area contributed by atoms with Gasteiger partial charge in [0.05, 0.1) is 12.8 Å². The van der Waals surface area contributed by atoms with Crippen LogP contribution in [-0.4, -0.2) is 20.2 Å². The lowest BCUT2D eigenvalue weighted by atomic mass is 10.1. The predicted molar refractivity (Wildman–Crippen MR) is 74.1 cm³/mol. The van der Waals surface area contributed by atoms with Crippen molar-refractivity contribution >= 4 is 17.3 Å². The molecule has 1 atom stereocenters. The fourth-order valence-corrected chi connectivity index (χ4v) is 2.05. The second-order valence-corrected chi connectivity index (χ2v) is 4.63. The van der Waals surface area contributed by atoms with Crippen molar-refractivity contribution in [2.45, 2.75) is 20.3 Å². The Labute approximate surface area is 108 Å². The molecule has 0 saturated carbocycles. The number of aryl methyl sites for hydroxylation is 1. The van der Waals surface area contributed by atoms with Gasteiger partial charge in [-0.2, -0.15) is 0 Å². The zero-order chi connectivity index (χ0) is 12.8. The molecule has 0 saturated heterocycles. The summed E-state index contributed by atoms with van der Waals surface area (Å²) in [6, 6.07) is 3.78. The number of anilines is 1. The van der Waals surface area contributed by atoms with Crippen molar-refractivity contribution < 1.29 is 4.74 Å². The third kappa shape index (κ3) is 3.79. The Hall–Kier alpha value is -0.930. The fourth-order valence-electron chi connectivity index (χ4n) is 1.78. The van der Waals surface area contributed by atoms with Gasteiger partial charge in [0.15, 0.2) is 0 Å². The Bertz CT molecular complexity index is 365. The standard InChI is InChI=1S/C13H21ClN2O/c1-4-10(7-15)8-16-12-6-11(14)5-9(2)13(12)17-3/h5-6,10,16H,4,7-8,15H2,1-3H3. The summed E-state index contributed by atoms with van der Waals surface area (Å²) in [5, 5.41) is 4.07. The van der Waals surface area contributed by atoms with Crippen molar-refractivity contribution in [3.05, 3.63) is 22.7 Å². The molecule has 3 nitrogen and oxygen atoms in total. The highest BCUT2D eigenvalue weighted by molar-refractivity contribution is 6.31. The highest BCUT2D eigenvalue weighted by Crippen LogP contribution is 2.32.